The molecule has 1 spiro atoms. The fourth-order valence-electron chi connectivity index (χ4n) is 3.95. The highest BCUT2D eigenvalue weighted by Crippen LogP contribution is 2.37. The predicted octanol–water partition coefficient (Wildman–Crippen LogP) is 3.60. The van der Waals surface area contributed by atoms with Crippen LogP contribution in [0.3, 0.4) is 0 Å². The van der Waals surface area contributed by atoms with Gasteiger partial charge in [-0.15, -0.1) is 0 Å². The maximum absolute atomic E-state index is 13.0. The first kappa shape index (κ1) is 14.9. The van der Waals surface area contributed by atoms with Gasteiger partial charge >= 0.3 is 0 Å². The zero-order chi connectivity index (χ0) is 14.7. The Morgan fingerprint density at radius 3 is 2.52 bits per heavy atom. The average molecular weight is 294 g/mol. The monoisotopic (exact) mass is 294 g/mol. The predicted molar refractivity (Wildman–Crippen MR) is 80.6 cm³/mol. The topological polar surface area (TPSA) is 15.3 Å². The molecule has 1 aliphatic heterocycles. The summed E-state index contributed by atoms with van der Waals surface area (Å²) >= 11 is 0. The van der Waals surface area contributed by atoms with E-state index in [1.54, 1.807) is 0 Å². The lowest BCUT2D eigenvalue weighted by atomic mass is 9.78. The Morgan fingerprint density at radius 2 is 1.86 bits per heavy atom. The summed E-state index contributed by atoms with van der Waals surface area (Å²) in [5, 5.41) is 3.61. The van der Waals surface area contributed by atoms with Gasteiger partial charge in [0.1, 0.15) is 0 Å². The van der Waals surface area contributed by atoms with Crippen LogP contribution in [-0.4, -0.2) is 36.5 Å². The molecule has 1 unspecified atom stereocenters. The Bertz CT molecular complexity index is 443. The van der Waals surface area contributed by atoms with E-state index < -0.39 is 6.43 Å². The number of nitrogens with zero attached hydrogens (tertiary/aromatic N) is 1. The molecule has 1 atom stereocenters. The molecule has 0 radical (unpaired) electrons. The fourth-order valence-corrected chi connectivity index (χ4v) is 3.95. The molecule has 2 aliphatic rings. The highest BCUT2D eigenvalue weighted by molar-refractivity contribution is 5.21. The standard InChI is InChI=1S/C17H24F2N2/c18-16(19)12-21-11-15(14-7-3-1-4-8-14)20-13-17(21)9-5-2-6-10-17/h1,3-4,7-8,15-16,20H,2,5-6,9-13H2. The van der Waals surface area contributed by atoms with E-state index in [1.807, 2.05) is 18.2 Å². The van der Waals surface area contributed by atoms with Gasteiger partial charge in [0, 0.05) is 24.7 Å². The summed E-state index contributed by atoms with van der Waals surface area (Å²) in [5.41, 5.74) is 1.15. The molecule has 3 rings (SSSR count). The van der Waals surface area contributed by atoms with E-state index in [1.165, 1.54) is 12.0 Å². The molecule has 116 valence electrons. The van der Waals surface area contributed by atoms with Gasteiger partial charge in [-0.1, -0.05) is 49.6 Å². The number of hydrogen-bond acceptors (Lipinski definition) is 2. The molecule has 2 fully saturated rings. The molecule has 1 N–H and O–H groups in total. The maximum Gasteiger partial charge on any atom is 0.251 e. The second-order valence-corrected chi connectivity index (χ2v) is 6.43. The quantitative estimate of drug-likeness (QED) is 0.916. The summed E-state index contributed by atoms with van der Waals surface area (Å²) in [4.78, 5) is 2.07. The summed E-state index contributed by atoms with van der Waals surface area (Å²) in [6.45, 7) is 1.43. The van der Waals surface area contributed by atoms with Crippen molar-refractivity contribution in [3.05, 3.63) is 35.9 Å². The molecule has 1 saturated heterocycles. The van der Waals surface area contributed by atoms with Gasteiger partial charge < -0.3 is 5.32 Å². The van der Waals surface area contributed by atoms with Crippen molar-refractivity contribution in [3.63, 3.8) is 0 Å². The lowest BCUT2D eigenvalue weighted by Crippen LogP contribution is -2.63. The van der Waals surface area contributed by atoms with Gasteiger partial charge in [0.25, 0.3) is 6.43 Å². The fraction of sp³-hybridized carbons (Fsp3) is 0.647. The zero-order valence-corrected chi connectivity index (χ0v) is 12.4. The Hall–Kier alpha value is -1.00. The lowest BCUT2D eigenvalue weighted by molar-refractivity contribution is -0.0293. The van der Waals surface area contributed by atoms with E-state index in [-0.39, 0.29) is 18.1 Å². The van der Waals surface area contributed by atoms with Crippen molar-refractivity contribution in [1.82, 2.24) is 10.2 Å². The zero-order valence-electron chi connectivity index (χ0n) is 12.4. The van der Waals surface area contributed by atoms with E-state index >= 15 is 0 Å². The van der Waals surface area contributed by atoms with Crippen LogP contribution >= 0.6 is 0 Å². The van der Waals surface area contributed by atoms with Crippen LogP contribution in [0.25, 0.3) is 0 Å². The van der Waals surface area contributed by atoms with Gasteiger partial charge in [0.2, 0.25) is 0 Å². The van der Waals surface area contributed by atoms with Gasteiger partial charge in [-0.2, -0.15) is 0 Å². The van der Waals surface area contributed by atoms with Crippen LogP contribution in [0.15, 0.2) is 30.3 Å². The largest absolute Gasteiger partial charge is 0.307 e. The van der Waals surface area contributed by atoms with Crippen LogP contribution in [-0.2, 0) is 0 Å². The Balaban J connectivity index is 1.77. The molecule has 1 aromatic rings. The van der Waals surface area contributed by atoms with Crippen LogP contribution in [0.1, 0.15) is 43.7 Å². The van der Waals surface area contributed by atoms with Crippen LogP contribution in [0.4, 0.5) is 8.78 Å². The highest BCUT2D eigenvalue weighted by atomic mass is 19.3. The average Bonchev–Trinajstić information content (AvgIpc) is 2.51. The molecular weight excluding hydrogens is 270 g/mol. The second kappa shape index (κ2) is 6.41. The van der Waals surface area contributed by atoms with E-state index in [4.69, 9.17) is 0 Å². The van der Waals surface area contributed by atoms with Crippen LogP contribution in [0, 0.1) is 0 Å². The number of nitrogens with one attached hydrogen (secondary N) is 1. The summed E-state index contributed by atoms with van der Waals surface area (Å²) in [6.07, 6.45) is 3.42. The van der Waals surface area contributed by atoms with Gasteiger partial charge in [0.05, 0.1) is 6.54 Å². The SMILES string of the molecule is FC(F)CN1CC(c2ccccc2)NCC12CCCCC2. The highest BCUT2D eigenvalue weighted by Gasteiger charge is 2.43. The number of piperazine rings is 1. The van der Waals surface area contributed by atoms with Crippen molar-refractivity contribution in [2.45, 2.75) is 50.1 Å². The smallest absolute Gasteiger partial charge is 0.251 e. The Morgan fingerprint density at radius 1 is 1.14 bits per heavy atom. The number of alkyl halides is 2. The number of rotatable bonds is 3. The molecule has 0 aromatic heterocycles. The second-order valence-electron chi connectivity index (χ2n) is 6.43. The first-order valence-corrected chi connectivity index (χ1v) is 8.01. The number of halogens is 2. The third kappa shape index (κ3) is 3.27. The molecule has 0 amide bonds. The minimum absolute atomic E-state index is 0.0417. The molecule has 0 bridgehead atoms. The Kier molecular flexibility index (Phi) is 4.55. The number of benzene rings is 1. The van der Waals surface area contributed by atoms with Gasteiger partial charge in [0.15, 0.2) is 0 Å². The van der Waals surface area contributed by atoms with Crippen molar-refractivity contribution < 1.29 is 8.78 Å². The van der Waals surface area contributed by atoms with Gasteiger partial charge in [-0.3, -0.25) is 4.90 Å². The van der Waals surface area contributed by atoms with Crippen LogP contribution < -0.4 is 5.32 Å². The molecule has 1 aromatic carbocycles. The first-order chi connectivity index (χ1) is 10.2. The maximum atomic E-state index is 13.0. The molecule has 4 heteroatoms. The summed E-state index contributed by atoms with van der Waals surface area (Å²) in [5.74, 6) is 0. The van der Waals surface area contributed by atoms with Crippen LogP contribution in [0.2, 0.25) is 0 Å². The van der Waals surface area contributed by atoms with Gasteiger partial charge in [-0.05, 0) is 18.4 Å². The van der Waals surface area contributed by atoms with Crippen molar-refractivity contribution in [1.29, 1.82) is 0 Å². The molecule has 1 heterocycles. The molecular formula is C17H24F2N2. The van der Waals surface area contributed by atoms with E-state index in [2.05, 4.69) is 22.3 Å². The summed E-state index contributed by atoms with van der Waals surface area (Å²) < 4.78 is 26.0. The van der Waals surface area contributed by atoms with Crippen molar-refractivity contribution in [2.75, 3.05) is 19.6 Å². The van der Waals surface area contributed by atoms with Crippen molar-refractivity contribution in [2.24, 2.45) is 0 Å². The van der Waals surface area contributed by atoms with Gasteiger partial charge in [-0.25, -0.2) is 8.78 Å². The van der Waals surface area contributed by atoms with Crippen molar-refractivity contribution >= 4 is 0 Å². The third-order valence-corrected chi connectivity index (χ3v) is 5.10. The minimum Gasteiger partial charge on any atom is -0.307 e. The van der Waals surface area contributed by atoms with E-state index in [0.29, 0.717) is 6.54 Å². The Labute approximate surface area is 125 Å². The lowest BCUT2D eigenvalue weighted by Gasteiger charge is -2.52. The molecule has 1 aliphatic carbocycles. The summed E-state index contributed by atoms with van der Waals surface area (Å²) in [6, 6.07) is 10.3. The van der Waals surface area contributed by atoms with E-state index in [0.717, 1.165) is 32.2 Å². The number of hydrogen-bond donors (Lipinski definition) is 1. The first-order valence-electron chi connectivity index (χ1n) is 8.01. The summed E-state index contributed by atoms with van der Waals surface area (Å²) in [7, 11) is 0. The van der Waals surface area contributed by atoms with Crippen molar-refractivity contribution in [3.8, 4) is 0 Å². The van der Waals surface area contributed by atoms with E-state index in [9.17, 15) is 8.78 Å². The molecule has 21 heavy (non-hydrogen) atoms. The van der Waals surface area contributed by atoms with Crippen LogP contribution in [0.5, 0.6) is 0 Å². The molecule has 1 saturated carbocycles. The minimum atomic E-state index is -2.25. The third-order valence-electron chi connectivity index (χ3n) is 5.10. The normalized spacial score (nSPS) is 26.3. The molecule has 2 nitrogen and oxygen atoms in total.